The molecule has 0 radical (unpaired) electrons. The SMILES string of the molecule is CCCC(=O)ON(CCNC(=O)OC(C)(C)C)[C@H](C)c1ccccc1. The maximum absolute atomic E-state index is 11.9. The van der Waals surface area contributed by atoms with Crippen molar-refractivity contribution in [2.45, 2.75) is 59.1 Å². The van der Waals surface area contributed by atoms with Crippen LogP contribution in [-0.2, 0) is 14.4 Å². The van der Waals surface area contributed by atoms with Crippen LogP contribution >= 0.6 is 0 Å². The smallest absolute Gasteiger partial charge is 0.407 e. The first-order chi connectivity index (χ1) is 11.7. The Morgan fingerprint density at radius 2 is 1.84 bits per heavy atom. The highest BCUT2D eigenvalue weighted by Gasteiger charge is 2.21. The van der Waals surface area contributed by atoms with Crippen LogP contribution in [0, 0.1) is 0 Å². The Labute approximate surface area is 150 Å². The summed E-state index contributed by atoms with van der Waals surface area (Å²) in [4.78, 5) is 29.1. The molecule has 0 unspecified atom stereocenters. The summed E-state index contributed by atoms with van der Waals surface area (Å²) in [6, 6.07) is 9.66. The second-order valence-corrected chi connectivity index (χ2v) is 6.87. The predicted molar refractivity (Wildman–Crippen MR) is 96.8 cm³/mol. The minimum atomic E-state index is -0.547. The van der Waals surface area contributed by atoms with Gasteiger partial charge in [0.25, 0.3) is 0 Å². The molecule has 0 aliphatic heterocycles. The van der Waals surface area contributed by atoms with Crippen molar-refractivity contribution in [3.05, 3.63) is 35.9 Å². The molecule has 0 aliphatic carbocycles. The minimum Gasteiger partial charge on any atom is -0.444 e. The van der Waals surface area contributed by atoms with Gasteiger partial charge in [0.2, 0.25) is 0 Å². The molecule has 0 saturated carbocycles. The molecule has 6 heteroatoms. The number of hydrogen-bond acceptors (Lipinski definition) is 5. The Kier molecular flexibility index (Phi) is 8.41. The van der Waals surface area contributed by atoms with Gasteiger partial charge in [-0.3, -0.25) is 4.79 Å². The van der Waals surface area contributed by atoms with Gasteiger partial charge >= 0.3 is 12.1 Å². The van der Waals surface area contributed by atoms with Gasteiger partial charge in [-0.15, -0.1) is 5.06 Å². The normalized spacial score (nSPS) is 12.6. The van der Waals surface area contributed by atoms with E-state index in [1.165, 1.54) is 0 Å². The van der Waals surface area contributed by atoms with Gasteiger partial charge < -0.3 is 14.9 Å². The molecular weight excluding hydrogens is 320 g/mol. The number of benzene rings is 1. The first-order valence-corrected chi connectivity index (χ1v) is 8.72. The number of hydroxylamine groups is 2. The third kappa shape index (κ3) is 8.54. The summed E-state index contributed by atoms with van der Waals surface area (Å²) in [7, 11) is 0. The fraction of sp³-hybridized carbons (Fsp3) is 0.579. The number of ether oxygens (including phenoxy) is 1. The molecule has 1 aromatic carbocycles. The van der Waals surface area contributed by atoms with Crippen LogP contribution in [-0.4, -0.2) is 35.8 Å². The Balaban J connectivity index is 2.65. The number of carbonyl (C=O) groups is 2. The summed E-state index contributed by atoms with van der Waals surface area (Å²) in [6.07, 6.45) is 0.597. The number of amides is 1. The Hall–Kier alpha value is -2.08. The second-order valence-electron chi connectivity index (χ2n) is 6.87. The number of rotatable bonds is 8. The highest BCUT2D eigenvalue weighted by molar-refractivity contribution is 5.69. The van der Waals surface area contributed by atoms with E-state index in [1.807, 2.05) is 65.0 Å². The van der Waals surface area contributed by atoms with Crippen molar-refractivity contribution in [3.8, 4) is 0 Å². The Morgan fingerprint density at radius 3 is 2.40 bits per heavy atom. The van der Waals surface area contributed by atoms with E-state index in [-0.39, 0.29) is 12.0 Å². The minimum absolute atomic E-state index is 0.123. The van der Waals surface area contributed by atoms with Gasteiger partial charge in [-0.2, -0.15) is 0 Å². The quantitative estimate of drug-likeness (QED) is 0.722. The van der Waals surface area contributed by atoms with E-state index in [4.69, 9.17) is 9.57 Å². The number of carbonyl (C=O) groups excluding carboxylic acids is 2. The Bertz CT molecular complexity index is 540. The first kappa shape index (κ1) is 21.0. The van der Waals surface area contributed by atoms with Crippen molar-refractivity contribution in [1.82, 2.24) is 10.4 Å². The lowest BCUT2D eigenvalue weighted by atomic mass is 10.1. The van der Waals surface area contributed by atoms with Crippen LogP contribution in [0.1, 0.15) is 59.1 Å². The van der Waals surface area contributed by atoms with Crippen molar-refractivity contribution >= 4 is 12.1 Å². The van der Waals surface area contributed by atoms with Crippen LogP contribution in [0.4, 0.5) is 4.79 Å². The summed E-state index contributed by atoms with van der Waals surface area (Å²) in [5, 5.41) is 4.29. The molecule has 25 heavy (non-hydrogen) atoms. The lowest BCUT2D eigenvalue weighted by Gasteiger charge is -2.28. The zero-order valence-corrected chi connectivity index (χ0v) is 15.9. The van der Waals surface area contributed by atoms with E-state index in [0.29, 0.717) is 19.5 Å². The van der Waals surface area contributed by atoms with Crippen LogP contribution in [0.5, 0.6) is 0 Å². The molecule has 0 spiro atoms. The van der Waals surface area contributed by atoms with E-state index < -0.39 is 11.7 Å². The molecule has 0 aliphatic rings. The third-order valence-electron chi connectivity index (χ3n) is 3.39. The topological polar surface area (TPSA) is 67.9 Å². The lowest BCUT2D eigenvalue weighted by Crippen LogP contribution is -2.39. The van der Waals surface area contributed by atoms with Crippen LogP contribution < -0.4 is 5.32 Å². The average molecular weight is 350 g/mol. The van der Waals surface area contributed by atoms with E-state index in [9.17, 15) is 9.59 Å². The maximum atomic E-state index is 11.9. The van der Waals surface area contributed by atoms with Gasteiger partial charge in [0, 0.05) is 13.0 Å². The number of alkyl carbamates (subject to hydrolysis) is 1. The first-order valence-electron chi connectivity index (χ1n) is 8.72. The molecule has 1 rings (SSSR count). The van der Waals surface area contributed by atoms with Crippen molar-refractivity contribution in [2.24, 2.45) is 0 Å². The molecule has 1 aromatic rings. The van der Waals surface area contributed by atoms with Crippen molar-refractivity contribution < 1.29 is 19.2 Å². The van der Waals surface area contributed by atoms with Crippen molar-refractivity contribution in [1.29, 1.82) is 0 Å². The number of hydrogen-bond donors (Lipinski definition) is 1. The second kappa shape index (κ2) is 10.0. The van der Waals surface area contributed by atoms with Gasteiger partial charge in [-0.25, -0.2) is 4.79 Å². The molecule has 0 bridgehead atoms. The largest absolute Gasteiger partial charge is 0.444 e. The summed E-state index contributed by atoms with van der Waals surface area (Å²) < 4.78 is 5.21. The standard InChI is InChI=1S/C19H30N2O4/c1-6-10-17(22)25-21(15(2)16-11-8-7-9-12-16)14-13-20-18(23)24-19(3,4)5/h7-9,11-12,15H,6,10,13-14H2,1-5H3,(H,20,23)/t15-/m1/s1. The summed E-state index contributed by atoms with van der Waals surface area (Å²) >= 11 is 0. The van der Waals surface area contributed by atoms with E-state index >= 15 is 0 Å². The summed E-state index contributed by atoms with van der Waals surface area (Å²) in [5.74, 6) is -0.275. The molecule has 0 heterocycles. The molecule has 1 N–H and O–H groups in total. The van der Waals surface area contributed by atoms with Gasteiger partial charge in [0.1, 0.15) is 5.60 Å². The summed E-state index contributed by atoms with van der Waals surface area (Å²) in [6.45, 7) is 9.99. The van der Waals surface area contributed by atoms with Gasteiger partial charge in [-0.1, -0.05) is 37.3 Å². The highest BCUT2D eigenvalue weighted by atomic mass is 16.7. The van der Waals surface area contributed by atoms with Crippen LogP contribution in [0.3, 0.4) is 0 Å². The van der Waals surface area contributed by atoms with Crippen molar-refractivity contribution in [2.75, 3.05) is 13.1 Å². The third-order valence-corrected chi connectivity index (χ3v) is 3.39. The fourth-order valence-electron chi connectivity index (χ4n) is 2.18. The molecule has 6 nitrogen and oxygen atoms in total. The summed E-state index contributed by atoms with van der Waals surface area (Å²) in [5.41, 5.74) is 0.485. The van der Waals surface area contributed by atoms with Gasteiger partial charge in [0.05, 0.1) is 12.6 Å². The zero-order chi connectivity index (χ0) is 18.9. The zero-order valence-electron chi connectivity index (χ0n) is 15.9. The molecule has 0 saturated heterocycles. The molecular formula is C19H30N2O4. The van der Waals surface area contributed by atoms with Crippen LogP contribution in [0.2, 0.25) is 0 Å². The van der Waals surface area contributed by atoms with E-state index in [1.54, 1.807) is 5.06 Å². The molecule has 0 aromatic heterocycles. The molecule has 1 atom stereocenters. The van der Waals surface area contributed by atoms with E-state index in [0.717, 1.165) is 12.0 Å². The van der Waals surface area contributed by atoms with Crippen molar-refractivity contribution in [3.63, 3.8) is 0 Å². The monoisotopic (exact) mass is 350 g/mol. The molecule has 0 fully saturated rings. The average Bonchev–Trinajstić information content (AvgIpc) is 2.52. The fourth-order valence-corrected chi connectivity index (χ4v) is 2.18. The molecule has 140 valence electrons. The lowest BCUT2D eigenvalue weighted by molar-refractivity contribution is -0.201. The number of nitrogens with zero attached hydrogens (tertiary/aromatic N) is 1. The van der Waals surface area contributed by atoms with Gasteiger partial charge in [0.15, 0.2) is 0 Å². The van der Waals surface area contributed by atoms with Gasteiger partial charge in [-0.05, 0) is 39.7 Å². The Morgan fingerprint density at radius 1 is 1.20 bits per heavy atom. The predicted octanol–water partition coefficient (Wildman–Crippen LogP) is 3.83. The van der Waals surface area contributed by atoms with Crippen LogP contribution in [0.15, 0.2) is 30.3 Å². The highest BCUT2D eigenvalue weighted by Crippen LogP contribution is 2.20. The maximum Gasteiger partial charge on any atom is 0.407 e. The van der Waals surface area contributed by atoms with Crippen LogP contribution in [0.25, 0.3) is 0 Å². The number of nitrogens with one attached hydrogen (secondary N) is 1. The van der Waals surface area contributed by atoms with E-state index in [2.05, 4.69) is 5.32 Å². The molecule has 1 amide bonds.